The van der Waals surface area contributed by atoms with Crippen molar-refractivity contribution in [3.8, 4) is 0 Å². The highest BCUT2D eigenvalue weighted by Crippen LogP contribution is 2.23. The Morgan fingerprint density at radius 3 is 2.95 bits per heavy atom. The highest BCUT2D eigenvalue weighted by Gasteiger charge is 2.12. The second-order valence-electron chi connectivity index (χ2n) is 4.62. The third-order valence-corrected chi connectivity index (χ3v) is 5.04. The van der Waals surface area contributed by atoms with Gasteiger partial charge in [0.2, 0.25) is 0 Å². The Morgan fingerprint density at radius 1 is 1.40 bits per heavy atom. The number of nitrogens with one attached hydrogen (secondary N) is 1. The first-order valence-corrected chi connectivity index (χ1v) is 8.13. The molecule has 1 N–H and O–H groups in total. The highest BCUT2D eigenvalue weighted by atomic mass is 127. The van der Waals surface area contributed by atoms with Gasteiger partial charge in [0, 0.05) is 20.3 Å². The van der Waals surface area contributed by atoms with Crippen LogP contribution in [-0.4, -0.2) is 9.38 Å². The van der Waals surface area contributed by atoms with Crippen molar-refractivity contribution in [2.24, 2.45) is 0 Å². The summed E-state index contributed by atoms with van der Waals surface area (Å²) in [4.78, 5) is 5.58. The van der Waals surface area contributed by atoms with Crippen LogP contribution < -0.4 is 5.32 Å². The van der Waals surface area contributed by atoms with Gasteiger partial charge in [0.15, 0.2) is 4.96 Å². The Bertz CT molecular complexity index is 778. The summed E-state index contributed by atoms with van der Waals surface area (Å²) in [6.45, 7) is 4.77. The lowest BCUT2D eigenvalue weighted by Gasteiger charge is -2.09. The molecule has 0 aliphatic rings. The van der Waals surface area contributed by atoms with E-state index < -0.39 is 0 Å². The summed E-state index contributed by atoms with van der Waals surface area (Å²) in [6.07, 6.45) is 0. The van der Waals surface area contributed by atoms with Crippen molar-refractivity contribution in [1.29, 1.82) is 0 Å². The molecule has 6 heteroatoms. The number of thiazole rings is 1. The quantitative estimate of drug-likeness (QED) is 0.661. The number of anilines is 1. The van der Waals surface area contributed by atoms with Crippen LogP contribution in [0.25, 0.3) is 4.96 Å². The van der Waals surface area contributed by atoms with Crippen molar-refractivity contribution in [2.75, 3.05) is 5.32 Å². The first-order valence-electron chi connectivity index (χ1n) is 6.17. The number of aromatic nitrogens is 2. The van der Waals surface area contributed by atoms with Crippen LogP contribution in [0.15, 0.2) is 23.6 Å². The summed E-state index contributed by atoms with van der Waals surface area (Å²) in [5.74, 6) is -0.212. The molecule has 0 aliphatic heterocycles. The van der Waals surface area contributed by atoms with E-state index in [9.17, 15) is 4.39 Å². The van der Waals surface area contributed by atoms with Crippen molar-refractivity contribution in [3.05, 3.63) is 50.0 Å². The number of halogens is 2. The lowest BCUT2D eigenvalue weighted by molar-refractivity contribution is 0.627. The third-order valence-electron chi connectivity index (χ3n) is 3.21. The molecule has 0 aliphatic carbocycles. The van der Waals surface area contributed by atoms with E-state index in [2.05, 4.69) is 49.6 Å². The van der Waals surface area contributed by atoms with Gasteiger partial charge in [0.25, 0.3) is 0 Å². The third kappa shape index (κ3) is 2.42. The lowest BCUT2D eigenvalue weighted by Crippen LogP contribution is -2.05. The van der Waals surface area contributed by atoms with Crippen LogP contribution in [0.2, 0.25) is 0 Å². The smallest absolute Gasteiger partial charge is 0.194 e. The SMILES string of the molecule is Cc1nc2scc(C)n2c1CNc1ccc(F)cc1I. The molecule has 0 fully saturated rings. The van der Waals surface area contributed by atoms with E-state index in [0.29, 0.717) is 6.54 Å². The second kappa shape index (κ2) is 5.33. The molecule has 20 heavy (non-hydrogen) atoms. The molecule has 0 unspecified atom stereocenters. The number of hydrogen-bond acceptors (Lipinski definition) is 3. The van der Waals surface area contributed by atoms with E-state index >= 15 is 0 Å². The Balaban J connectivity index is 1.90. The summed E-state index contributed by atoms with van der Waals surface area (Å²) >= 11 is 3.79. The molecule has 0 radical (unpaired) electrons. The topological polar surface area (TPSA) is 29.3 Å². The van der Waals surface area contributed by atoms with Crippen LogP contribution in [0.1, 0.15) is 17.1 Å². The maximum Gasteiger partial charge on any atom is 0.194 e. The van der Waals surface area contributed by atoms with Gasteiger partial charge in [0.1, 0.15) is 5.82 Å². The maximum atomic E-state index is 13.1. The average molecular weight is 401 g/mol. The molecule has 3 rings (SSSR count). The number of nitrogens with zero attached hydrogens (tertiary/aromatic N) is 2. The van der Waals surface area contributed by atoms with Crippen molar-refractivity contribution in [3.63, 3.8) is 0 Å². The van der Waals surface area contributed by atoms with E-state index in [1.807, 2.05) is 6.92 Å². The van der Waals surface area contributed by atoms with Crippen LogP contribution in [0.3, 0.4) is 0 Å². The van der Waals surface area contributed by atoms with Crippen LogP contribution in [0.5, 0.6) is 0 Å². The first kappa shape index (κ1) is 13.8. The number of benzene rings is 1. The fraction of sp³-hybridized carbons (Fsp3) is 0.214. The summed E-state index contributed by atoms with van der Waals surface area (Å²) in [7, 11) is 0. The monoisotopic (exact) mass is 401 g/mol. The average Bonchev–Trinajstić information content (AvgIpc) is 2.89. The zero-order chi connectivity index (χ0) is 14.3. The number of imidazole rings is 1. The molecule has 0 spiro atoms. The molecular weight excluding hydrogens is 388 g/mol. The Kier molecular flexibility index (Phi) is 3.68. The summed E-state index contributed by atoms with van der Waals surface area (Å²) in [6, 6.07) is 4.77. The van der Waals surface area contributed by atoms with Gasteiger partial charge in [-0.1, -0.05) is 0 Å². The van der Waals surface area contributed by atoms with Crippen molar-refractivity contribution < 1.29 is 4.39 Å². The zero-order valence-corrected chi connectivity index (χ0v) is 14.0. The van der Waals surface area contributed by atoms with Crippen LogP contribution in [-0.2, 0) is 6.54 Å². The second-order valence-corrected chi connectivity index (χ2v) is 6.62. The van der Waals surface area contributed by atoms with Gasteiger partial charge in [0.05, 0.1) is 17.9 Å². The lowest BCUT2D eigenvalue weighted by atomic mass is 10.3. The largest absolute Gasteiger partial charge is 0.379 e. The number of hydrogen-bond donors (Lipinski definition) is 1. The Labute approximate surface area is 134 Å². The van der Waals surface area contributed by atoms with E-state index in [1.54, 1.807) is 17.4 Å². The summed E-state index contributed by atoms with van der Waals surface area (Å²) in [5.41, 5.74) is 4.31. The van der Waals surface area contributed by atoms with E-state index in [0.717, 1.165) is 25.6 Å². The number of fused-ring (bicyclic) bond motifs is 1. The fourth-order valence-electron chi connectivity index (χ4n) is 2.19. The molecule has 1 aromatic carbocycles. The molecule has 0 atom stereocenters. The minimum Gasteiger partial charge on any atom is -0.379 e. The minimum atomic E-state index is -0.212. The molecule has 2 aromatic heterocycles. The molecule has 0 saturated heterocycles. The van der Waals surface area contributed by atoms with Crippen LogP contribution in [0.4, 0.5) is 10.1 Å². The zero-order valence-electron chi connectivity index (χ0n) is 11.1. The molecule has 0 amide bonds. The van der Waals surface area contributed by atoms with Gasteiger partial charge in [-0.05, 0) is 54.6 Å². The molecule has 104 valence electrons. The fourth-order valence-corrected chi connectivity index (χ4v) is 3.79. The van der Waals surface area contributed by atoms with E-state index in [4.69, 9.17) is 0 Å². The molecule has 0 bridgehead atoms. The van der Waals surface area contributed by atoms with Gasteiger partial charge in [-0.25, -0.2) is 9.37 Å². The van der Waals surface area contributed by atoms with Crippen molar-refractivity contribution in [1.82, 2.24) is 9.38 Å². The van der Waals surface area contributed by atoms with Gasteiger partial charge in [-0.15, -0.1) is 11.3 Å². The van der Waals surface area contributed by atoms with Crippen LogP contribution in [0, 0.1) is 23.2 Å². The van der Waals surface area contributed by atoms with Gasteiger partial charge < -0.3 is 5.32 Å². The van der Waals surface area contributed by atoms with Crippen molar-refractivity contribution >= 4 is 44.6 Å². The van der Waals surface area contributed by atoms with Gasteiger partial charge in [-0.2, -0.15) is 0 Å². The minimum absolute atomic E-state index is 0.212. The highest BCUT2D eigenvalue weighted by molar-refractivity contribution is 14.1. The number of aryl methyl sites for hydroxylation is 2. The standard InChI is InChI=1S/C14H13FIN3S/c1-8-7-20-14-18-9(2)13(19(8)14)6-17-12-4-3-10(15)5-11(12)16/h3-5,7,17H,6H2,1-2H3. The molecule has 2 heterocycles. The normalized spacial score (nSPS) is 11.2. The molecule has 3 nitrogen and oxygen atoms in total. The summed E-state index contributed by atoms with van der Waals surface area (Å²) in [5, 5.41) is 5.47. The number of rotatable bonds is 3. The molecular formula is C14H13FIN3S. The van der Waals surface area contributed by atoms with Crippen LogP contribution >= 0.6 is 33.9 Å². The molecule has 0 saturated carbocycles. The van der Waals surface area contributed by atoms with Crippen molar-refractivity contribution in [2.45, 2.75) is 20.4 Å². The first-order chi connectivity index (χ1) is 9.56. The predicted molar refractivity (Wildman–Crippen MR) is 89.0 cm³/mol. The van der Waals surface area contributed by atoms with E-state index in [1.165, 1.54) is 17.8 Å². The predicted octanol–water partition coefficient (Wildman–Crippen LogP) is 4.37. The Hall–Kier alpha value is -1.15. The van der Waals surface area contributed by atoms with E-state index in [-0.39, 0.29) is 5.82 Å². The van der Waals surface area contributed by atoms with Gasteiger partial charge >= 0.3 is 0 Å². The maximum absolute atomic E-state index is 13.1. The summed E-state index contributed by atoms with van der Waals surface area (Å²) < 4.78 is 16.1. The molecule has 3 aromatic rings. The van der Waals surface area contributed by atoms with Gasteiger partial charge in [-0.3, -0.25) is 4.40 Å². The Morgan fingerprint density at radius 2 is 2.20 bits per heavy atom.